The van der Waals surface area contributed by atoms with Crippen LogP contribution in [0.25, 0.3) is 0 Å². The van der Waals surface area contributed by atoms with Gasteiger partial charge in [0.15, 0.2) is 11.5 Å². The Morgan fingerprint density at radius 2 is 2.12 bits per heavy atom. The third-order valence-electron chi connectivity index (χ3n) is 2.46. The van der Waals surface area contributed by atoms with E-state index < -0.39 is 11.9 Å². The molecule has 0 aromatic heterocycles. The molecule has 16 heavy (non-hydrogen) atoms. The van der Waals surface area contributed by atoms with E-state index in [0.717, 1.165) is 0 Å². The number of phenolic OH excluding ortho intramolecular Hbond substituents is 1. The number of hydrogen-bond donors (Lipinski definition) is 2. The fourth-order valence-corrected chi connectivity index (χ4v) is 2.31. The first-order chi connectivity index (χ1) is 7.40. The molecule has 0 heterocycles. The number of rotatable bonds is 3. The minimum Gasteiger partial charge on any atom is -0.504 e. The molecule has 1 unspecified atom stereocenters. The Bertz CT molecular complexity index is 428. The molecular formula is C11H13BrO4. The summed E-state index contributed by atoms with van der Waals surface area (Å²) in [5, 5.41) is 18.9. The number of halogens is 1. The lowest BCUT2D eigenvalue weighted by Crippen LogP contribution is -2.10. The predicted molar refractivity (Wildman–Crippen MR) is 63.1 cm³/mol. The first-order valence-electron chi connectivity index (χ1n) is 4.68. The lowest BCUT2D eigenvalue weighted by atomic mass is 9.95. The molecule has 1 atom stereocenters. The average Bonchev–Trinajstić information content (AvgIpc) is 2.17. The summed E-state index contributed by atoms with van der Waals surface area (Å²) in [4.78, 5) is 10.9. The quantitative estimate of drug-likeness (QED) is 0.897. The van der Waals surface area contributed by atoms with Gasteiger partial charge < -0.3 is 14.9 Å². The summed E-state index contributed by atoms with van der Waals surface area (Å²) in [6.07, 6.45) is 0. The molecule has 0 aliphatic rings. The zero-order valence-electron chi connectivity index (χ0n) is 9.24. The number of carbonyl (C=O) groups is 1. The number of ether oxygens (including phenoxy) is 1. The van der Waals surface area contributed by atoms with Gasteiger partial charge in [0.05, 0.1) is 17.5 Å². The van der Waals surface area contributed by atoms with Crippen LogP contribution in [-0.2, 0) is 4.79 Å². The Labute approximate surface area is 102 Å². The van der Waals surface area contributed by atoms with E-state index in [0.29, 0.717) is 15.6 Å². The van der Waals surface area contributed by atoms with Crippen molar-refractivity contribution < 1.29 is 19.7 Å². The van der Waals surface area contributed by atoms with Crippen molar-refractivity contribution in [3.8, 4) is 11.5 Å². The lowest BCUT2D eigenvalue weighted by molar-refractivity contribution is -0.138. The van der Waals surface area contributed by atoms with Crippen molar-refractivity contribution in [3.63, 3.8) is 0 Å². The van der Waals surface area contributed by atoms with Gasteiger partial charge >= 0.3 is 5.97 Å². The first kappa shape index (κ1) is 12.8. The van der Waals surface area contributed by atoms with Crippen LogP contribution in [0.3, 0.4) is 0 Å². The number of phenols is 1. The smallest absolute Gasteiger partial charge is 0.310 e. The largest absolute Gasteiger partial charge is 0.504 e. The van der Waals surface area contributed by atoms with E-state index in [1.54, 1.807) is 13.0 Å². The van der Waals surface area contributed by atoms with Gasteiger partial charge in [-0.15, -0.1) is 0 Å². The molecule has 5 heteroatoms. The number of aromatic hydroxyl groups is 1. The molecule has 0 radical (unpaired) electrons. The van der Waals surface area contributed by atoms with Gasteiger partial charge in [0.1, 0.15) is 0 Å². The van der Waals surface area contributed by atoms with Crippen LogP contribution in [0.5, 0.6) is 11.5 Å². The highest BCUT2D eigenvalue weighted by Crippen LogP contribution is 2.42. The fraction of sp³-hybridized carbons (Fsp3) is 0.364. The van der Waals surface area contributed by atoms with Crippen LogP contribution in [0.2, 0.25) is 0 Å². The summed E-state index contributed by atoms with van der Waals surface area (Å²) >= 11 is 3.25. The van der Waals surface area contributed by atoms with Crippen LogP contribution in [0.15, 0.2) is 10.5 Å². The van der Waals surface area contributed by atoms with Crippen LogP contribution < -0.4 is 4.74 Å². The Morgan fingerprint density at radius 3 is 2.56 bits per heavy atom. The van der Waals surface area contributed by atoms with Crippen molar-refractivity contribution >= 4 is 21.9 Å². The lowest BCUT2D eigenvalue weighted by Gasteiger charge is -2.16. The van der Waals surface area contributed by atoms with Gasteiger partial charge in [0.25, 0.3) is 0 Å². The van der Waals surface area contributed by atoms with Gasteiger partial charge in [0, 0.05) is 5.56 Å². The number of carboxylic acid groups (broad SMARTS) is 1. The number of benzene rings is 1. The van der Waals surface area contributed by atoms with Gasteiger partial charge in [-0.3, -0.25) is 4.79 Å². The predicted octanol–water partition coefficient (Wildman–Crippen LogP) is 2.66. The van der Waals surface area contributed by atoms with Crippen LogP contribution in [-0.4, -0.2) is 23.3 Å². The summed E-state index contributed by atoms with van der Waals surface area (Å²) in [7, 11) is 1.42. The van der Waals surface area contributed by atoms with E-state index in [1.807, 2.05) is 0 Å². The minimum atomic E-state index is -0.984. The van der Waals surface area contributed by atoms with E-state index in [2.05, 4.69) is 15.9 Å². The molecule has 1 rings (SSSR count). The molecule has 1 aromatic rings. The van der Waals surface area contributed by atoms with Crippen LogP contribution in [0.1, 0.15) is 24.0 Å². The Balaban J connectivity index is 3.45. The summed E-state index contributed by atoms with van der Waals surface area (Å²) in [6.45, 7) is 3.27. The topological polar surface area (TPSA) is 66.8 Å². The molecule has 2 N–H and O–H groups in total. The van der Waals surface area contributed by atoms with Gasteiger partial charge in [0.2, 0.25) is 0 Å². The molecule has 1 aromatic carbocycles. The molecular weight excluding hydrogens is 276 g/mol. The third-order valence-corrected chi connectivity index (χ3v) is 3.05. The monoisotopic (exact) mass is 288 g/mol. The maximum absolute atomic E-state index is 10.9. The van der Waals surface area contributed by atoms with Crippen LogP contribution >= 0.6 is 15.9 Å². The highest BCUT2D eigenvalue weighted by Gasteiger charge is 2.24. The second kappa shape index (κ2) is 4.74. The Hall–Kier alpha value is -1.23. The van der Waals surface area contributed by atoms with Crippen molar-refractivity contribution in [2.24, 2.45) is 0 Å². The maximum atomic E-state index is 10.9. The molecule has 0 amide bonds. The second-order valence-corrected chi connectivity index (χ2v) is 4.39. The van der Waals surface area contributed by atoms with Crippen molar-refractivity contribution in [3.05, 3.63) is 21.7 Å². The third kappa shape index (κ3) is 2.14. The average molecular weight is 289 g/mol. The summed E-state index contributed by atoms with van der Waals surface area (Å²) in [6, 6.07) is 1.73. The highest BCUT2D eigenvalue weighted by molar-refractivity contribution is 9.10. The van der Waals surface area contributed by atoms with E-state index in [4.69, 9.17) is 9.84 Å². The standard InChI is InChI=1S/C11H13BrO4/c1-5-4-7(12)10(16-3)9(13)8(5)6(2)11(14)15/h4,6,13H,1-3H3,(H,14,15). The molecule has 88 valence electrons. The van der Waals surface area contributed by atoms with Crippen molar-refractivity contribution in [2.45, 2.75) is 19.8 Å². The zero-order valence-corrected chi connectivity index (χ0v) is 10.8. The number of methoxy groups -OCH3 is 1. The van der Waals surface area contributed by atoms with E-state index in [9.17, 15) is 9.90 Å². The maximum Gasteiger partial charge on any atom is 0.310 e. The fourth-order valence-electron chi connectivity index (χ4n) is 1.62. The van der Waals surface area contributed by atoms with E-state index in [-0.39, 0.29) is 11.5 Å². The van der Waals surface area contributed by atoms with Gasteiger partial charge in [-0.2, -0.15) is 0 Å². The molecule has 0 fully saturated rings. The normalized spacial score (nSPS) is 12.2. The van der Waals surface area contributed by atoms with Crippen molar-refractivity contribution in [1.29, 1.82) is 0 Å². The van der Waals surface area contributed by atoms with Crippen LogP contribution in [0.4, 0.5) is 0 Å². The number of hydrogen-bond acceptors (Lipinski definition) is 3. The molecule has 0 aliphatic carbocycles. The summed E-state index contributed by atoms with van der Waals surface area (Å²) in [5.41, 5.74) is 1.09. The molecule has 0 aliphatic heterocycles. The Morgan fingerprint density at radius 1 is 1.56 bits per heavy atom. The Kier molecular flexibility index (Phi) is 3.80. The molecule has 0 saturated carbocycles. The van der Waals surface area contributed by atoms with Gasteiger partial charge in [-0.25, -0.2) is 0 Å². The first-order valence-corrected chi connectivity index (χ1v) is 5.48. The van der Waals surface area contributed by atoms with Gasteiger partial charge in [-0.1, -0.05) is 0 Å². The summed E-state index contributed by atoms with van der Waals surface area (Å²) < 4.78 is 5.61. The zero-order chi connectivity index (χ0) is 12.5. The summed E-state index contributed by atoms with van der Waals surface area (Å²) in [5.74, 6) is -1.62. The molecule has 4 nitrogen and oxygen atoms in total. The number of aryl methyl sites for hydroxylation is 1. The van der Waals surface area contributed by atoms with E-state index >= 15 is 0 Å². The number of aliphatic carboxylic acids is 1. The van der Waals surface area contributed by atoms with Gasteiger partial charge in [-0.05, 0) is 41.4 Å². The minimum absolute atomic E-state index is 0.121. The SMILES string of the molecule is COc1c(Br)cc(C)c(C(C)C(=O)O)c1O. The molecule has 0 spiro atoms. The van der Waals surface area contributed by atoms with E-state index in [1.165, 1.54) is 14.0 Å². The van der Waals surface area contributed by atoms with Crippen molar-refractivity contribution in [2.75, 3.05) is 7.11 Å². The number of carboxylic acids is 1. The molecule has 0 saturated heterocycles. The van der Waals surface area contributed by atoms with Crippen molar-refractivity contribution in [1.82, 2.24) is 0 Å². The second-order valence-electron chi connectivity index (χ2n) is 3.53. The molecule has 0 bridgehead atoms. The van der Waals surface area contributed by atoms with Crippen LogP contribution in [0, 0.1) is 6.92 Å². The highest BCUT2D eigenvalue weighted by atomic mass is 79.9.